The van der Waals surface area contributed by atoms with Crippen molar-refractivity contribution in [2.24, 2.45) is 0 Å². The number of halogens is 1. The summed E-state index contributed by atoms with van der Waals surface area (Å²) in [4.78, 5) is 2.28. The van der Waals surface area contributed by atoms with E-state index in [1.54, 1.807) is 0 Å². The van der Waals surface area contributed by atoms with Gasteiger partial charge in [-0.1, -0.05) is 6.07 Å². The van der Waals surface area contributed by atoms with E-state index in [-0.39, 0.29) is 17.9 Å². The summed E-state index contributed by atoms with van der Waals surface area (Å²) in [6, 6.07) is 2.34. The average Bonchev–Trinajstić information content (AvgIpc) is 2.19. The van der Waals surface area contributed by atoms with Gasteiger partial charge in [0.2, 0.25) is 0 Å². The van der Waals surface area contributed by atoms with E-state index >= 15 is 0 Å². The van der Waals surface area contributed by atoms with Gasteiger partial charge in [0.15, 0.2) is 0 Å². The Morgan fingerprint density at radius 1 is 0.882 bits per heavy atom. The summed E-state index contributed by atoms with van der Waals surface area (Å²) in [5, 5.41) is 0. The highest BCUT2D eigenvalue weighted by Crippen LogP contribution is 2.32. The van der Waals surface area contributed by atoms with Crippen LogP contribution in [0.4, 0.5) is 0 Å². The molecule has 0 N–H and O–H groups in total. The predicted molar refractivity (Wildman–Crippen MR) is 79.4 cm³/mol. The van der Waals surface area contributed by atoms with Crippen LogP contribution in [0, 0.1) is 27.7 Å². The van der Waals surface area contributed by atoms with Gasteiger partial charge in [0.05, 0.1) is 0 Å². The van der Waals surface area contributed by atoms with Gasteiger partial charge in [0.25, 0.3) is 0 Å². The Bertz CT molecular complexity index is 406. The van der Waals surface area contributed by atoms with Crippen LogP contribution >= 0.6 is 12.4 Å². The number of hydrogen-bond acceptors (Lipinski definition) is 1. The lowest BCUT2D eigenvalue weighted by molar-refractivity contribution is 0.196. The van der Waals surface area contributed by atoms with Crippen molar-refractivity contribution in [3.63, 3.8) is 0 Å². The molecule has 2 heteroatoms. The molecular formula is C15H26ClN. The van der Waals surface area contributed by atoms with Crippen LogP contribution in [0.3, 0.4) is 0 Å². The lowest BCUT2D eigenvalue weighted by Gasteiger charge is -2.35. The Kier molecular flexibility index (Phi) is 5.24. The Hall–Kier alpha value is -0.530. The smallest absolute Gasteiger partial charge is 0.0401 e. The molecule has 98 valence electrons. The highest BCUT2D eigenvalue weighted by Gasteiger charge is 2.26. The molecule has 0 amide bonds. The minimum atomic E-state index is 0. The van der Waals surface area contributed by atoms with Crippen molar-refractivity contribution in [3.8, 4) is 0 Å². The molecule has 1 rings (SSSR count). The van der Waals surface area contributed by atoms with Crippen molar-refractivity contribution < 1.29 is 0 Å². The van der Waals surface area contributed by atoms with Crippen LogP contribution in [-0.2, 0) is 5.54 Å². The van der Waals surface area contributed by atoms with E-state index in [2.05, 4.69) is 66.6 Å². The Balaban J connectivity index is 0.00000256. The molecule has 0 spiro atoms. The SMILES string of the molecule is Cc1cc(C(C)(C)N(C)C)c(C)c(C)c1C.Cl. The van der Waals surface area contributed by atoms with E-state index in [9.17, 15) is 0 Å². The molecule has 0 heterocycles. The summed E-state index contributed by atoms with van der Waals surface area (Å²) in [7, 11) is 4.29. The van der Waals surface area contributed by atoms with Gasteiger partial charge >= 0.3 is 0 Å². The molecule has 0 aliphatic carbocycles. The molecule has 0 bridgehead atoms. The van der Waals surface area contributed by atoms with Gasteiger partial charge in [-0.05, 0) is 83.5 Å². The molecule has 1 aromatic rings. The molecular weight excluding hydrogens is 230 g/mol. The van der Waals surface area contributed by atoms with Crippen molar-refractivity contribution in [3.05, 3.63) is 33.9 Å². The molecule has 0 radical (unpaired) electrons. The van der Waals surface area contributed by atoms with E-state index in [1.165, 1.54) is 27.8 Å². The number of nitrogens with zero attached hydrogens (tertiary/aromatic N) is 1. The van der Waals surface area contributed by atoms with E-state index < -0.39 is 0 Å². The van der Waals surface area contributed by atoms with E-state index in [0.717, 1.165) is 0 Å². The molecule has 0 aliphatic rings. The van der Waals surface area contributed by atoms with Crippen LogP contribution < -0.4 is 0 Å². The van der Waals surface area contributed by atoms with Gasteiger partial charge in [0.1, 0.15) is 0 Å². The first-order valence-electron chi connectivity index (χ1n) is 5.95. The van der Waals surface area contributed by atoms with Crippen LogP contribution in [0.5, 0.6) is 0 Å². The number of aryl methyl sites for hydroxylation is 1. The highest BCUT2D eigenvalue weighted by molar-refractivity contribution is 5.85. The summed E-state index contributed by atoms with van der Waals surface area (Å²) in [6.45, 7) is 13.4. The lowest BCUT2D eigenvalue weighted by Crippen LogP contribution is -2.36. The van der Waals surface area contributed by atoms with E-state index in [1.807, 2.05) is 0 Å². The summed E-state index contributed by atoms with van der Waals surface area (Å²) in [5.74, 6) is 0. The minimum Gasteiger partial charge on any atom is -0.300 e. The Morgan fingerprint density at radius 2 is 1.35 bits per heavy atom. The zero-order valence-corrected chi connectivity index (χ0v) is 13.2. The van der Waals surface area contributed by atoms with Gasteiger partial charge in [-0.3, -0.25) is 0 Å². The van der Waals surface area contributed by atoms with Crippen LogP contribution in [0.15, 0.2) is 6.07 Å². The average molecular weight is 256 g/mol. The number of hydrogen-bond donors (Lipinski definition) is 0. The first kappa shape index (κ1) is 16.5. The maximum Gasteiger partial charge on any atom is 0.0401 e. The summed E-state index contributed by atoms with van der Waals surface area (Å²) in [5.41, 5.74) is 7.22. The number of rotatable bonds is 2. The second-order valence-electron chi connectivity index (χ2n) is 5.57. The summed E-state index contributed by atoms with van der Waals surface area (Å²) in [6.07, 6.45) is 0. The second-order valence-corrected chi connectivity index (χ2v) is 5.57. The molecule has 0 fully saturated rings. The molecule has 0 aliphatic heterocycles. The highest BCUT2D eigenvalue weighted by atomic mass is 35.5. The molecule has 0 saturated carbocycles. The predicted octanol–water partition coefficient (Wildman–Crippen LogP) is 4.14. The monoisotopic (exact) mass is 255 g/mol. The largest absolute Gasteiger partial charge is 0.300 e. The first-order valence-corrected chi connectivity index (χ1v) is 5.95. The van der Waals surface area contributed by atoms with Crippen LogP contribution in [0.25, 0.3) is 0 Å². The van der Waals surface area contributed by atoms with Crippen LogP contribution in [-0.4, -0.2) is 19.0 Å². The van der Waals surface area contributed by atoms with Crippen molar-refractivity contribution in [1.29, 1.82) is 0 Å². The third-order valence-corrected chi connectivity index (χ3v) is 4.26. The van der Waals surface area contributed by atoms with Crippen molar-refractivity contribution in [2.45, 2.75) is 47.1 Å². The zero-order chi connectivity index (χ0) is 12.7. The topological polar surface area (TPSA) is 3.24 Å². The fourth-order valence-corrected chi connectivity index (χ4v) is 2.09. The maximum atomic E-state index is 2.34. The lowest BCUT2D eigenvalue weighted by atomic mass is 9.84. The van der Waals surface area contributed by atoms with Crippen molar-refractivity contribution in [1.82, 2.24) is 4.90 Å². The van der Waals surface area contributed by atoms with E-state index in [0.29, 0.717) is 0 Å². The van der Waals surface area contributed by atoms with Gasteiger partial charge in [0, 0.05) is 5.54 Å². The Labute approximate surface area is 113 Å². The van der Waals surface area contributed by atoms with E-state index in [4.69, 9.17) is 0 Å². The summed E-state index contributed by atoms with van der Waals surface area (Å²) < 4.78 is 0. The van der Waals surface area contributed by atoms with Crippen LogP contribution in [0.1, 0.15) is 41.7 Å². The normalized spacial score (nSPS) is 11.6. The minimum absolute atomic E-state index is 0. The van der Waals surface area contributed by atoms with Crippen molar-refractivity contribution in [2.75, 3.05) is 14.1 Å². The van der Waals surface area contributed by atoms with Gasteiger partial charge in [-0.15, -0.1) is 12.4 Å². The third-order valence-electron chi connectivity index (χ3n) is 4.26. The van der Waals surface area contributed by atoms with Crippen molar-refractivity contribution >= 4 is 12.4 Å². The molecule has 1 nitrogen and oxygen atoms in total. The first-order chi connectivity index (χ1) is 7.19. The standard InChI is InChI=1S/C15H25N.ClH/c1-10-9-14(15(5,6)16(7)8)13(4)12(3)11(10)2;/h9H,1-8H3;1H. The van der Waals surface area contributed by atoms with Gasteiger partial charge in [-0.2, -0.15) is 0 Å². The molecule has 1 aromatic carbocycles. The molecule has 0 aromatic heterocycles. The maximum absolute atomic E-state index is 2.34. The van der Waals surface area contributed by atoms with Gasteiger partial charge < -0.3 is 4.90 Å². The number of benzene rings is 1. The quantitative estimate of drug-likeness (QED) is 0.768. The molecule has 0 atom stereocenters. The zero-order valence-electron chi connectivity index (χ0n) is 12.4. The Morgan fingerprint density at radius 3 is 1.76 bits per heavy atom. The van der Waals surface area contributed by atoms with Crippen LogP contribution in [0.2, 0.25) is 0 Å². The summed E-state index contributed by atoms with van der Waals surface area (Å²) >= 11 is 0. The second kappa shape index (κ2) is 5.41. The molecule has 0 unspecified atom stereocenters. The fourth-order valence-electron chi connectivity index (χ4n) is 2.09. The molecule has 17 heavy (non-hydrogen) atoms. The molecule has 0 saturated heterocycles. The van der Waals surface area contributed by atoms with Gasteiger partial charge in [-0.25, -0.2) is 0 Å². The third kappa shape index (κ3) is 2.83. The fraction of sp³-hybridized carbons (Fsp3) is 0.600.